The molecular weight excluding hydrogens is 261 g/mol. The van der Waals surface area contributed by atoms with Crippen molar-refractivity contribution in [3.8, 4) is 11.3 Å². The maximum atomic E-state index is 14.4. The third-order valence-electron chi connectivity index (χ3n) is 4.67. The number of halogens is 1. The van der Waals surface area contributed by atoms with Crippen LogP contribution in [-0.4, -0.2) is 4.98 Å². The SMILES string of the molecule is Cc1ccc(-c2ccc(C3CCC(C)CC3)cc2F)nc1. The summed E-state index contributed by atoms with van der Waals surface area (Å²) in [4.78, 5) is 4.32. The first-order valence-corrected chi connectivity index (χ1v) is 7.86. The van der Waals surface area contributed by atoms with E-state index in [1.165, 1.54) is 25.7 Å². The summed E-state index contributed by atoms with van der Waals surface area (Å²) >= 11 is 0. The first-order valence-electron chi connectivity index (χ1n) is 7.86. The molecule has 0 amide bonds. The van der Waals surface area contributed by atoms with Crippen LogP contribution in [0.5, 0.6) is 0 Å². The second kappa shape index (κ2) is 5.97. The van der Waals surface area contributed by atoms with Crippen molar-refractivity contribution in [3.05, 3.63) is 53.5 Å². The van der Waals surface area contributed by atoms with Crippen molar-refractivity contribution in [1.29, 1.82) is 0 Å². The number of nitrogens with zero attached hydrogens (tertiary/aromatic N) is 1. The van der Waals surface area contributed by atoms with Gasteiger partial charge in [0.05, 0.1) is 5.69 Å². The summed E-state index contributed by atoms with van der Waals surface area (Å²) in [5.74, 6) is 1.19. The molecule has 0 bridgehead atoms. The highest BCUT2D eigenvalue weighted by atomic mass is 19.1. The molecule has 0 atom stereocenters. The average Bonchev–Trinajstić information content (AvgIpc) is 2.49. The van der Waals surface area contributed by atoms with Crippen molar-refractivity contribution in [1.82, 2.24) is 4.98 Å². The molecule has 0 spiro atoms. The van der Waals surface area contributed by atoms with Crippen LogP contribution in [0.4, 0.5) is 4.39 Å². The first-order chi connectivity index (χ1) is 10.1. The van der Waals surface area contributed by atoms with Gasteiger partial charge in [-0.05, 0) is 60.9 Å². The summed E-state index contributed by atoms with van der Waals surface area (Å²) in [6.45, 7) is 4.29. The molecule has 1 heterocycles. The fourth-order valence-corrected chi connectivity index (χ4v) is 3.21. The Labute approximate surface area is 126 Å². The maximum Gasteiger partial charge on any atom is 0.132 e. The van der Waals surface area contributed by atoms with Crippen LogP contribution in [0.1, 0.15) is 49.7 Å². The molecule has 1 saturated carbocycles. The van der Waals surface area contributed by atoms with E-state index in [1.54, 1.807) is 12.3 Å². The third-order valence-corrected chi connectivity index (χ3v) is 4.67. The molecule has 1 fully saturated rings. The van der Waals surface area contributed by atoms with Gasteiger partial charge in [0.1, 0.15) is 5.82 Å². The molecule has 1 aromatic carbocycles. The van der Waals surface area contributed by atoms with Gasteiger partial charge < -0.3 is 0 Å². The lowest BCUT2D eigenvalue weighted by molar-refractivity contribution is 0.347. The van der Waals surface area contributed by atoms with E-state index < -0.39 is 0 Å². The van der Waals surface area contributed by atoms with E-state index in [2.05, 4.69) is 18.0 Å². The second-order valence-corrected chi connectivity index (χ2v) is 6.42. The van der Waals surface area contributed by atoms with E-state index >= 15 is 0 Å². The van der Waals surface area contributed by atoms with Crippen LogP contribution in [0.3, 0.4) is 0 Å². The van der Waals surface area contributed by atoms with Crippen LogP contribution in [0.15, 0.2) is 36.5 Å². The van der Waals surface area contributed by atoms with E-state index in [9.17, 15) is 4.39 Å². The molecule has 21 heavy (non-hydrogen) atoms. The fraction of sp³-hybridized carbons (Fsp3) is 0.421. The van der Waals surface area contributed by atoms with Crippen molar-refractivity contribution in [2.24, 2.45) is 5.92 Å². The Morgan fingerprint density at radius 2 is 1.81 bits per heavy atom. The van der Waals surface area contributed by atoms with Crippen molar-refractivity contribution in [2.45, 2.75) is 45.4 Å². The Kier molecular flexibility index (Phi) is 4.05. The van der Waals surface area contributed by atoms with E-state index in [4.69, 9.17) is 0 Å². The largest absolute Gasteiger partial charge is 0.256 e. The van der Waals surface area contributed by atoms with Crippen LogP contribution >= 0.6 is 0 Å². The standard InChI is InChI=1S/C19H22FN/c1-13-3-6-15(7-4-13)16-8-9-17(18(20)11-16)19-10-5-14(2)12-21-19/h5,8-13,15H,3-4,6-7H2,1-2H3. The van der Waals surface area contributed by atoms with Crippen LogP contribution < -0.4 is 0 Å². The van der Waals surface area contributed by atoms with Gasteiger partial charge in [0.2, 0.25) is 0 Å². The minimum atomic E-state index is -0.150. The zero-order valence-electron chi connectivity index (χ0n) is 12.8. The number of benzene rings is 1. The third kappa shape index (κ3) is 3.15. The highest BCUT2D eigenvalue weighted by molar-refractivity contribution is 5.60. The van der Waals surface area contributed by atoms with Crippen molar-refractivity contribution in [3.63, 3.8) is 0 Å². The van der Waals surface area contributed by atoms with Crippen molar-refractivity contribution in [2.75, 3.05) is 0 Å². The van der Waals surface area contributed by atoms with Crippen molar-refractivity contribution >= 4 is 0 Å². The van der Waals surface area contributed by atoms with Gasteiger partial charge in [-0.15, -0.1) is 0 Å². The molecule has 2 aromatic rings. The van der Waals surface area contributed by atoms with Gasteiger partial charge in [-0.1, -0.05) is 31.9 Å². The van der Waals surface area contributed by atoms with Crippen LogP contribution in [0.25, 0.3) is 11.3 Å². The second-order valence-electron chi connectivity index (χ2n) is 6.42. The van der Waals surface area contributed by atoms with Crippen molar-refractivity contribution < 1.29 is 4.39 Å². The normalized spacial score (nSPS) is 22.2. The van der Waals surface area contributed by atoms with Gasteiger partial charge in [-0.25, -0.2) is 4.39 Å². The molecule has 0 saturated heterocycles. The van der Waals surface area contributed by atoms with Gasteiger partial charge in [0, 0.05) is 11.8 Å². The molecule has 1 nitrogen and oxygen atoms in total. The van der Waals surface area contributed by atoms with Gasteiger partial charge in [-0.2, -0.15) is 0 Å². The highest BCUT2D eigenvalue weighted by Gasteiger charge is 2.20. The molecular formula is C19H22FN. The lowest BCUT2D eigenvalue weighted by Gasteiger charge is -2.26. The van der Waals surface area contributed by atoms with Gasteiger partial charge >= 0.3 is 0 Å². The van der Waals surface area contributed by atoms with E-state index in [0.717, 1.165) is 17.0 Å². The molecule has 3 rings (SSSR count). The van der Waals surface area contributed by atoms with Gasteiger partial charge in [0.25, 0.3) is 0 Å². The summed E-state index contributed by atoms with van der Waals surface area (Å²) in [5, 5.41) is 0. The molecule has 1 aromatic heterocycles. The van der Waals surface area contributed by atoms with E-state index in [-0.39, 0.29) is 5.82 Å². The smallest absolute Gasteiger partial charge is 0.132 e. The molecule has 0 aliphatic heterocycles. The predicted octanol–water partition coefficient (Wildman–Crippen LogP) is 5.49. The Balaban J connectivity index is 1.84. The highest BCUT2D eigenvalue weighted by Crippen LogP contribution is 2.36. The number of hydrogen-bond donors (Lipinski definition) is 0. The molecule has 2 heteroatoms. The minimum Gasteiger partial charge on any atom is -0.256 e. The summed E-state index contributed by atoms with van der Waals surface area (Å²) < 4.78 is 14.4. The fourth-order valence-electron chi connectivity index (χ4n) is 3.21. The Bertz CT molecular complexity index is 610. The molecule has 0 unspecified atom stereocenters. The Morgan fingerprint density at radius 3 is 2.43 bits per heavy atom. The number of rotatable bonds is 2. The molecule has 0 N–H and O–H groups in total. The average molecular weight is 283 g/mol. The Hall–Kier alpha value is -1.70. The Morgan fingerprint density at radius 1 is 1.05 bits per heavy atom. The zero-order chi connectivity index (χ0) is 14.8. The van der Waals surface area contributed by atoms with Gasteiger partial charge in [-0.3, -0.25) is 4.98 Å². The maximum absolute atomic E-state index is 14.4. The summed E-state index contributed by atoms with van der Waals surface area (Å²) in [5.41, 5.74) is 3.55. The quantitative estimate of drug-likeness (QED) is 0.710. The monoisotopic (exact) mass is 283 g/mol. The van der Waals surface area contributed by atoms with E-state index in [1.807, 2.05) is 25.1 Å². The van der Waals surface area contributed by atoms with Crippen LogP contribution in [-0.2, 0) is 0 Å². The summed E-state index contributed by atoms with van der Waals surface area (Å²) in [6.07, 6.45) is 6.66. The number of aromatic nitrogens is 1. The molecule has 110 valence electrons. The summed E-state index contributed by atoms with van der Waals surface area (Å²) in [7, 11) is 0. The minimum absolute atomic E-state index is 0.150. The molecule has 1 aliphatic rings. The topological polar surface area (TPSA) is 12.9 Å². The number of aryl methyl sites for hydroxylation is 1. The van der Waals surface area contributed by atoms with Crippen LogP contribution in [0, 0.1) is 18.7 Å². The lowest BCUT2D eigenvalue weighted by Crippen LogP contribution is -2.11. The number of pyridine rings is 1. The molecule has 0 radical (unpaired) electrons. The predicted molar refractivity (Wildman–Crippen MR) is 84.7 cm³/mol. The zero-order valence-corrected chi connectivity index (χ0v) is 12.8. The summed E-state index contributed by atoms with van der Waals surface area (Å²) in [6, 6.07) is 9.55. The first kappa shape index (κ1) is 14.2. The lowest BCUT2D eigenvalue weighted by atomic mass is 9.79. The van der Waals surface area contributed by atoms with E-state index in [0.29, 0.717) is 17.2 Å². The van der Waals surface area contributed by atoms with Gasteiger partial charge in [0.15, 0.2) is 0 Å². The molecule has 1 aliphatic carbocycles. The number of hydrogen-bond acceptors (Lipinski definition) is 1. The van der Waals surface area contributed by atoms with Crippen LogP contribution in [0.2, 0.25) is 0 Å².